The number of furan rings is 1. The van der Waals surface area contributed by atoms with E-state index < -0.39 is 16.0 Å². The zero-order chi connectivity index (χ0) is 24.5. The summed E-state index contributed by atoms with van der Waals surface area (Å²) in [5.74, 6) is -0.274. The molecule has 2 aromatic rings. The number of ether oxygens (including phenoxy) is 1. The maximum absolute atomic E-state index is 13.6. The fourth-order valence-electron chi connectivity index (χ4n) is 4.89. The predicted molar refractivity (Wildman–Crippen MR) is 129 cm³/mol. The number of hydrogen-bond donors (Lipinski definition) is 0. The number of rotatable bonds is 6. The molecule has 8 nitrogen and oxygen atoms in total. The average molecular weight is 507 g/mol. The Hall–Kier alpha value is -2.43. The monoisotopic (exact) mass is 506 g/mol. The van der Waals surface area contributed by atoms with E-state index in [1.807, 2.05) is 27.8 Å². The smallest absolute Gasteiger partial charge is 0.343 e. The Kier molecular flexibility index (Phi) is 7.02. The molecule has 34 heavy (non-hydrogen) atoms. The van der Waals surface area contributed by atoms with Gasteiger partial charge in [-0.25, -0.2) is 13.2 Å². The number of piperidine rings is 1. The van der Waals surface area contributed by atoms with Crippen LogP contribution in [0.15, 0.2) is 32.2 Å². The fourth-order valence-corrected chi connectivity index (χ4v) is 7.45. The highest BCUT2D eigenvalue weighted by molar-refractivity contribution is 7.89. The molecule has 4 heterocycles. The second-order valence-corrected chi connectivity index (χ2v) is 11.6. The molecule has 2 aliphatic heterocycles. The quantitative estimate of drug-likeness (QED) is 0.436. The molecule has 2 aliphatic rings. The second kappa shape index (κ2) is 9.67. The summed E-state index contributed by atoms with van der Waals surface area (Å²) in [7, 11) is -3.93. The molecule has 2 fully saturated rings. The first-order valence-electron chi connectivity index (χ1n) is 11.4. The largest absolute Gasteiger partial charge is 0.464 e. The average Bonchev–Trinajstić information content (AvgIpc) is 3.52. The SMILES string of the molecule is CCOC(=O)c1c(C)oc(C)c1S(=O)(=O)N1CCC2(CCN(C(=O)/C=C/c3ccsc3)CC2)C1. The third kappa shape index (κ3) is 4.71. The molecule has 0 aliphatic carbocycles. The van der Waals surface area contributed by atoms with Crippen LogP contribution in [0, 0.1) is 19.3 Å². The van der Waals surface area contributed by atoms with Gasteiger partial charge in [0.25, 0.3) is 0 Å². The Balaban J connectivity index is 1.45. The van der Waals surface area contributed by atoms with Gasteiger partial charge in [0, 0.05) is 32.3 Å². The highest BCUT2D eigenvalue weighted by Gasteiger charge is 2.47. The molecule has 1 spiro atoms. The zero-order valence-corrected chi connectivity index (χ0v) is 21.3. The van der Waals surface area contributed by atoms with E-state index in [-0.39, 0.29) is 39.9 Å². The lowest BCUT2D eigenvalue weighted by Crippen LogP contribution is -2.44. The van der Waals surface area contributed by atoms with Gasteiger partial charge in [-0.15, -0.1) is 0 Å². The number of esters is 1. The third-order valence-corrected chi connectivity index (χ3v) is 9.48. The minimum Gasteiger partial charge on any atom is -0.464 e. The molecule has 4 rings (SSSR count). The molecular formula is C24H30N2O6S2. The molecule has 0 saturated carbocycles. The lowest BCUT2D eigenvalue weighted by atomic mass is 9.78. The summed E-state index contributed by atoms with van der Waals surface area (Å²) in [6.45, 7) is 6.89. The van der Waals surface area contributed by atoms with E-state index in [1.165, 1.54) is 4.31 Å². The van der Waals surface area contributed by atoms with E-state index in [1.54, 1.807) is 38.2 Å². The maximum Gasteiger partial charge on any atom is 0.343 e. The minimum atomic E-state index is -3.93. The van der Waals surface area contributed by atoms with Gasteiger partial charge in [-0.2, -0.15) is 15.6 Å². The fraction of sp³-hybridized carbons (Fsp3) is 0.500. The maximum atomic E-state index is 13.6. The molecule has 0 radical (unpaired) electrons. The molecule has 1 amide bonds. The van der Waals surface area contributed by atoms with E-state index in [2.05, 4.69) is 0 Å². The van der Waals surface area contributed by atoms with Crippen molar-refractivity contribution in [2.45, 2.75) is 44.9 Å². The number of nitrogens with zero attached hydrogens (tertiary/aromatic N) is 2. The standard InChI is InChI=1S/C24H30N2O6S2/c1-4-31-23(28)21-17(2)32-18(3)22(21)34(29,30)26-13-10-24(16-26)8-11-25(12-9-24)20(27)6-5-19-7-14-33-15-19/h5-7,14-15H,4,8-13,16H2,1-3H3/b6-5+. The van der Waals surface area contributed by atoms with Crippen LogP contribution in [0.4, 0.5) is 0 Å². The van der Waals surface area contributed by atoms with Gasteiger partial charge in [-0.1, -0.05) is 0 Å². The van der Waals surface area contributed by atoms with Crippen LogP contribution in [0.3, 0.4) is 0 Å². The highest BCUT2D eigenvalue weighted by atomic mass is 32.2. The third-order valence-electron chi connectivity index (χ3n) is 6.78. The number of carbonyl (C=O) groups is 2. The Morgan fingerprint density at radius 3 is 2.53 bits per heavy atom. The normalized spacial score (nSPS) is 18.7. The lowest BCUT2D eigenvalue weighted by Gasteiger charge is -2.39. The van der Waals surface area contributed by atoms with Gasteiger partial charge in [0.05, 0.1) is 6.61 Å². The van der Waals surface area contributed by atoms with Crippen LogP contribution in [0.2, 0.25) is 0 Å². The van der Waals surface area contributed by atoms with Crippen molar-refractivity contribution in [1.29, 1.82) is 0 Å². The molecule has 2 aromatic heterocycles. The first kappa shape index (κ1) is 24.7. The van der Waals surface area contributed by atoms with Crippen molar-refractivity contribution in [2.75, 3.05) is 32.8 Å². The Bertz CT molecular complexity index is 1190. The predicted octanol–water partition coefficient (Wildman–Crippen LogP) is 3.85. The number of likely N-dealkylation sites (tertiary alicyclic amines) is 1. The van der Waals surface area contributed by atoms with Crippen molar-refractivity contribution in [3.05, 3.63) is 45.5 Å². The molecule has 184 valence electrons. The summed E-state index contributed by atoms with van der Waals surface area (Å²) in [6, 6.07) is 1.96. The summed E-state index contributed by atoms with van der Waals surface area (Å²) in [5.41, 5.74) is 0.825. The van der Waals surface area contributed by atoms with E-state index in [4.69, 9.17) is 9.15 Å². The molecule has 0 bridgehead atoms. The molecule has 0 aromatic carbocycles. The zero-order valence-electron chi connectivity index (χ0n) is 19.7. The first-order chi connectivity index (χ1) is 16.2. The van der Waals surface area contributed by atoms with Gasteiger partial charge in [-0.05, 0) is 73.9 Å². The van der Waals surface area contributed by atoms with Gasteiger partial charge < -0.3 is 14.1 Å². The van der Waals surface area contributed by atoms with Crippen molar-refractivity contribution in [3.8, 4) is 0 Å². The number of hydrogen-bond acceptors (Lipinski definition) is 7. The summed E-state index contributed by atoms with van der Waals surface area (Å²) in [5, 5.41) is 3.95. The molecule has 2 saturated heterocycles. The number of sulfonamides is 1. The van der Waals surface area contributed by atoms with Gasteiger partial charge >= 0.3 is 5.97 Å². The molecule has 0 unspecified atom stereocenters. The minimum absolute atomic E-state index is 0.0156. The number of carbonyl (C=O) groups excluding carboxylic acids is 2. The van der Waals surface area contributed by atoms with Crippen LogP contribution < -0.4 is 0 Å². The summed E-state index contributed by atoms with van der Waals surface area (Å²) < 4.78 is 39.2. The van der Waals surface area contributed by atoms with E-state index in [0.29, 0.717) is 26.2 Å². The first-order valence-corrected chi connectivity index (χ1v) is 13.8. The number of amides is 1. The van der Waals surface area contributed by atoms with Gasteiger partial charge in [0.15, 0.2) is 0 Å². The number of thiophene rings is 1. The summed E-state index contributed by atoms with van der Waals surface area (Å²) in [4.78, 5) is 26.8. The summed E-state index contributed by atoms with van der Waals surface area (Å²) in [6.07, 6.45) is 5.63. The van der Waals surface area contributed by atoms with Crippen molar-refractivity contribution >= 4 is 39.3 Å². The molecular weight excluding hydrogens is 476 g/mol. The van der Waals surface area contributed by atoms with Crippen molar-refractivity contribution in [2.24, 2.45) is 5.41 Å². The van der Waals surface area contributed by atoms with Crippen LogP contribution >= 0.6 is 11.3 Å². The Labute approximate surface area is 204 Å². The van der Waals surface area contributed by atoms with Crippen molar-refractivity contribution in [1.82, 2.24) is 9.21 Å². The van der Waals surface area contributed by atoms with Gasteiger partial charge in [0.2, 0.25) is 15.9 Å². The molecule has 0 N–H and O–H groups in total. The number of aryl methyl sites for hydroxylation is 2. The summed E-state index contributed by atoms with van der Waals surface area (Å²) >= 11 is 1.59. The van der Waals surface area contributed by atoms with E-state index >= 15 is 0 Å². The molecule has 0 atom stereocenters. The Morgan fingerprint density at radius 1 is 1.18 bits per heavy atom. The van der Waals surface area contributed by atoms with Crippen LogP contribution in [0.1, 0.15) is 53.6 Å². The van der Waals surface area contributed by atoms with Crippen molar-refractivity contribution < 1.29 is 27.2 Å². The van der Waals surface area contributed by atoms with E-state index in [0.717, 1.165) is 24.8 Å². The van der Waals surface area contributed by atoms with Crippen LogP contribution in [0.25, 0.3) is 6.08 Å². The topological polar surface area (TPSA) is 97.1 Å². The van der Waals surface area contributed by atoms with Gasteiger partial charge in [-0.3, -0.25) is 4.79 Å². The van der Waals surface area contributed by atoms with E-state index in [9.17, 15) is 18.0 Å². The van der Waals surface area contributed by atoms with Crippen LogP contribution in [-0.4, -0.2) is 62.3 Å². The molecule has 10 heteroatoms. The van der Waals surface area contributed by atoms with Gasteiger partial charge in [0.1, 0.15) is 22.0 Å². The van der Waals surface area contributed by atoms with Crippen LogP contribution in [0.5, 0.6) is 0 Å². The lowest BCUT2D eigenvalue weighted by molar-refractivity contribution is -0.128. The van der Waals surface area contributed by atoms with Crippen LogP contribution in [-0.2, 0) is 19.6 Å². The second-order valence-electron chi connectivity index (χ2n) is 8.94. The highest BCUT2D eigenvalue weighted by Crippen LogP contribution is 2.43. The van der Waals surface area contributed by atoms with Crippen molar-refractivity contribution in [3.63, 3.8) is 0 Å². The Morgan fingerprint density at radius 2 is 1.88 bits per heavy atom.